The molecule has 4 unspecified atom stereocenters. The predicted molar refractivity (Wildman–Crippen MR) is 234 cm³/mol. The molecule has 0 heterocycles. The maximum Gasteiger partial charge on any atom is 0.326 e. The number of aliphatic hydroxyl groups is 1. The van der Waals surface area contributed by atoms with Crippen LogP contribution in [-0.4, -0.2) is 154 Å². The van der Waals surface area contributed by atoms with Gasteiger partial charge in [0, 0.05) is 51.4 Å². The highest BCUT2D eigenvalue weighted by Gasteiger charge is 2.32. The lowest BCUT2D eigenvalue weighted by Gasteiger charge is -2.27. The van der Waals surface area contributed by atoms with Gasteiger partial charge in [-0.05, 0) is 37.2 Å². The molecule has 6 amide bonds. The van der Waals surface area contributed by atoms with Gasteiger partial charge >= 0.3 is 5.97 Å². The number of hydrogen-bond acceptors (Lipinski definition) is 12. The minimum Gasteiger partial charge on any atom is -0.480 e. The van der Waals surface area contributed by atoms with Crippen molar-refractivity contribution >= 4 is 59.0 Å². The molecule has 0 radical (unpaired) electrons. The van der Waals surface area contributed by atoms with Gasteiger partial charge in [0.1, 0.15) is 30.8 Å². The van der Waals surface area contributed by atoms with Crippen molar-refractivity contribution < 1.29 is 58.0 Å². The van der Waals surface area contributed by atoms with Gasteiger partial charge in [-0.2, -0.15) is 0 Å². The van der Waals surface area contributed by atoms with E-state index in [1.807, 2.05) is 0 Å². The Kier molecular flexibility index (Phi) is 30.5. The molecule has 63 heavy (non-hydrogen) atoms. The number of hydrogen-bond donors (Lipinski definition) is 10. The molecule has 0 saturated heterocycles. The van der Waals surface area contributed by atoms with Gasteiger partial charge in [-0.1, -0.05) is 57.0 Å². The van der Waals surface area contributed by atoms with E-state index >= 15 is 0 Å². The third kappa shape index (κ3) is 27.6. The second-order valence-corrected chi connectivity index (χ2v) is 15.1. The molecule has 0 spiro atoms. The SMILES string of the molecule is CC(C)C(NC(=O)C(CCCN=C(N)N)NC(=O)COCCNC(=O)CCC(=O)NCCOCCOCCCCCCCl)C(=O)NC(CO)C(=O)NC(Cc1ccccc1)C(=O)O. The molecule has 1 rings (SSSR count). The molecule has 22 heteroatoms. The highest BCUT2D eigenvalue weighted by atomic mass is 35.5. The van der Waals surface area contributed by atoms with E-state index in [4.69, 9.17) is 37.3 Å². The number of carbonyl (C=O) groups is 7. The first kappa shape index (κ1) is 55.9. The number of ether oxygens (including phenoxy) is 3. The lowest BCUT2D eigenvalue weighted by molar-refractivity contribution is -0.142. The molecule has 21 nitrogen and oxygen atoms in total. The maximum atomic E-state index is 13.5. The summed E-state index contributed by atoms with van der Waals surface area (Å²) in [5, 5.41) is 34.8. The van der Waals surface area contributed by atoms with Gasteiger partial charge in [0.2, 0.25) is 35.4 Å². The van der Waals surface area contributed by atoms with Crippen molar-refractivity contribution in [2.24, 2.45) is 22.4 Å². The summed E-state index contributed by atoms with van der Waals surface area (Å²) in [6.45, 7) is 4.14. The molecular weight excluding hydrogens is 846 g/mol. The fourth-order valence-electron chi connectivity index (χ4n) is 5.64. The van der Waals surface area contributed by atoms with Gasteiger partial charge in [0.05, 0.1) is 33.0 Å². The molecular formula is C41H68ClN9O12. The Morgan fingerprint density at radius 2 is 1.27 bits per heavy atom. The number of guanidine groups is 1. The van der Waals surface area contributed by atoms with E-state index in [9.17, 15) is 43.8 Å². The molecule has 0 saturated carbocycles. The summed E-state index contributed by atoms with van der Waals surface area (Å²) >= 11 is 5.65. The molecule has 0 aliphatic rings. The van der Waals surface area contributed by atoms with E-state index in [0.717, 1.165) is 25.7 Å². The Morgan fingerprint density at radius 1 is 0.683 bits per heavy atom. The third-order valence-electron chi connectivity index (χ3n) is 9.05. The highest BCUT2D eigenvalue weighted by Crippen LogP contribution is 2.08. The summed E-state index contributed by atoms with van der Waals surface area (Å²) in [5.74, 6) is -5.31. The van der Waals surface area contributed by atoms with Crippen molar-refractivity contribution in [1.82, 2.24) is 31.9 Å². The summed E-state index contributed by atoms with van der Waals surface area (Å²) < 4.78 is 16.3. The molecule has 0 bridgehead atoms. The van der Waals surface area contributed by atoms with Crippen molar-refractivity contribution in [1.29, 1.82) is 0 Å². The number of aliphatic carboxylic acids is 1. The Balaban J connectivity index is 2.57. The number of benzene rings is 1. The topological polar surface area (TPSA) is 324 Å². The zero-order valence-electron chi connectivity index (χ0n) is 36.4. The molecule has 12 N–H and O–H groups in total. The standard InChI is InChI=1S/C41H68ClN9O12/c1-28(2)36(39(58)50-32(26-52)38(57)49-31(40(59)60)25-29-11-6-5-7-12-29)51-37(56)30(13-10-17-47-41(43)44)48-35(55)27-63-22-19-46-34(54)15-14-33(53)45-18-21-62-24-23-61-20-9-4-3-8-16-42/h5-7,11-12,28,30-32,36,52H,3-4,8-10,13-27H2,1-2H3,(H,45,53)(H,46,54)(H,48,55)(H,49,57)(H,50,58)(H,51,56)(H,59,60)(H4,43,44,47). The van der Waals surface area contributed by atoms with Crippen LogP contribution in [0.1, 0.15) is 70.8 Å². The van der Waals surface area contributed by atoms with Crippen LogP contribution in [0.2, 0.25) is 0 Å². The van der Waals surface area contributed by atoms with Crippen LogP contribution in [0.25, 0.3) is 0 Å². The van der Waals surface area contributed by atoms with Crippen LogP contribution in [0.15, 0.2) is 35.3 Å². The number of rotatable bonds is 36. The number of aliphatic hydroxyl groups excluding tert-OH is 1. The number of carbonyl (C=O) groups excluding carboxylic acids is 6. The fraction of sp³-hybridized carbons (Fsp3) is 0.659. The number of carboxylic acid groups (broad SMARTS) is 1. The quantitative estimate of drug-likeness (QED) is 0.0164. The van der Waals surface area contributed by atoms with Crippen LogP contribution in [0, 0.1) is 5.92 Å². The first-order valence-corrected chi connectivity index (χ1v) is 21.7. The van der Waals surface area contributed by atoms with Crippen molar-refractivity contribution in [2.75, 3.05) is 71.8 Å². The van der Waals surface area contributed by atoms with Crippen LogP contribution in [0.4, 0.5) is 0 Å². The zero-order chi connectivity index (χ0) is 46.8. The second kappa shape index (κ2) is 34.4. The Bertz CT molecular complexity index is 1550. The summed E-state index contributed by atoms with van der Waals surface area (Å²) in [5.41, 5.74) is 11.4. The number of aliphatic imine (C=N–C) groups is 1. The number of nitrogens with two attached hydrogens (primary N) is 2. The number of carboxylic acids is 1. The van der Waals surface area contributed by atoms with Gasteiger partial charge in [0.15, 0.2) is 5.96 Å². The number of amides is 6. The minimum atomic E-state index is -1.55. The summed E-state index contributed by atoms with van der Waals surface area (Å²) in [6, 6.07) is 3.21. The third-order valence-corrected chi connectivity index (χ3v) is 9.32. The van der Waals surface area contributed by atoms with E-state index < -0.39 is 78.8 Å². The van der Waals surface area contributed by atoms with E-state index in [2.05, 4.69) is 36.9 Å². The highest BCUT2D eigenvalue weighted by molar-refractivity contribution is 6.17. The lowest BCUT2D eigenvalue weighted by Crippen LogP contribution is -2.60. The van der Waals surface area contributed by atoms with Crippen molar-refractivity contribution in [3.05, 3.63) is 35.9 Å². The molecule has 1 aromatic carbocycles. The van der Waals surface area contributed by atoms with Gasteiger partial charge in [0.25, 0.3) is 0 Å². The van der Waals surface area contributed by atoms with Crippen molar-refractivity contribution in [3.63, 3.8) is 0 Å². The van der Waals surface area contributed by atoms with Crippen molar-refractivity contribution in [3.8, 4) is 0 Å². The number of alkyl halides is 1. The molecule has 0 fully saturated rings. The Morgan fingerprint density at radius 3 is 1.86 bits per heavy atom. The fourth-order valence-corrected chi connectivity index (χ4v) is 5.83. The summed E-state index contributed by atoms with van der Waals surface area (Å²) in [6.07, 6.45) is 4.29. The van der Waals surface area contributed by atoms with Gasteiger partial charge < -0.3 is 67.8 Å². The average Bonchev–Trinajstić information content (AvgIpc) is 3.24. The first-order valence-electron chi connectivity index (χ1n) is 21.1. The maximum absolute atomic E-state index is 13.5. The van der Waals surface area contributed by atoms with Crippen molar-refractivity contribution in [2.45, 2.75) is 95.8 Å². The van der Waals surface area contributed by atoms with E-state index in [-0.39, 0.29) is 63.7 Å². The smallest absolute Gasteiger partial charge is 0.326 e. The van der Waals surface area contributed by atoms with Gasteiger partial charge in [-0.25, -0.2) is 4.79 Å². The van der Waals surface area contributed by atoms with Gasteiger partial charge in [-0.15, -0.1) is 11.6 Å². The van der Waals surface area contributed by atoms with E-state index in [1.165, 1.54) is 0 Å². The predicted octanol–water partition coefficient (Wildman–Crippen LogP) is -1.18. The second-order valence-electron chi connectivity index (χ2n) is 14.7. The summed E-state index contributed by atoms with van der Waals surface area (Å²) in [4.78, 5) is 92.8. The number of unbranched alkanes of at least 4 members (excludes halogenated alkanes) is 3. The molecule has 4 atom stereocenters. The largest absolute Gasteiger partial charge is 0.480 e. The first-order chi connectivity index (χ1) is 30.2. The lowest BCUT2D eigenvalue weighted by atomic mass is 10.0. The molecule has 0 aliphatic carbocycles. The minimum absolute atomic E-state index is 0.0341. The van der Waals surface area contributed by atoms with Gasteiger partial charge in [-0.3, -0.25) is 33.8 Å². The average molecular weight is 914 g/mol. The zero-order valence-corrected chi connectivity index (χ0v) is 37.1. The molecule has 0 aliphatic heterocycles. The van der Waals surface area contributed by atoms with Crippen LogP contribution in [0.3, 0.4) is 0 Å². The monoisotopic (exact) mass is 913 g/mol. The van der Waals surface area contributed by atoms with Crippen LogP contribution < -0.4 is 43.4 Å². The summed E-state index contributed by atoms with van der Waals surface area (Å²) in [7, 11) is 0. The van der Waals surface area contributed by atoms with E-state index in [0.29, 0.717) is 44.4 Å². The molecule has 1 aromatic rings. The number of nitrogens with one attached hydrogen (secondary N) is 6. The van der Waals surface area contributed by atoms with Crippen LogP contribution in [-0.2, 0) is 54.2 Å². The number of nitrogens with zero attached hydrogens (tertiary/aromatic N) is 1. The Labute approximate surface area is 373 Å². The van der Waals surface area contributed by atoms with Crippen LogP contribution >= 0.6 is 11.6 Å². The molecule has 356 valence electrons. The van der Waals surface area contributed by atoms with E-state index in [1.54, 1.807) is 44.2 Å². The molecule has 0 aromatic heterocycles. The number of halogens is 1. The van der Waals surface area contributed by atoms with Crippen LogP contribution in [0.5, 0.6) is 0 Å². The Hall–Kier alpha value is -5.09. The normalized spacial score (nSPS) is 12.8.